The number of rotatable bonds is 12. The third kappa shape index (κ3) is 7.06. The monoisotopic (exact) mass is 984 g/mol. The molecule has 57 heavy (non-hydrogen) atoms. The number of benzene rings is 4. The first-order valence-corrected chi connectivity index (χ1v) is 31.3. The van der Waals surface area contributed by atoms with Crippen molar-refractivity contribution >= 4 is 63.3 Å². The van der Waals surface area contributed by atoms with Crippen LogP contribution in [0.1, 0.15) is 134 Å². The summed E-state index contributed by atoms with van der Waals surface area (Å²) in [4.78, 5) is 27.2. The molecule has 2 unspecified atom stereocenters. The molecule has 0 fully saturated rings. The predicted molar refractivity (Wildman–Crippen MR) is 226 cm³/mol. The number of hydrogen-bond acceptors (Lipinski definition) is 8. The molecule has 0 radical (unpaired) electrons. The SMILES string of the molecule is C=Cc1ccc(C(=O)[O][Sn]2([CH2]CCC)[O]c3cc4c(cc3[O]2)C2(CC4(C)C)CC(C)(C)c3cc4c(cc32)[O][Sn]([CH2]CCC)([O]C(=O)c2ccc(C=C)cc2)[O]4)cc1. The predicted octanol–water partition coefficient (Wildman–Crippen LogP) is 11.4. The van der Waals surface area contributed by atoms with Crippen LogP contribution in [0.15, 0.2) is 86.0 Å². The summed E-state index contributed by atoms with van der Waals surface area (Å²) in [6.45, 7) is 21.1. The molecular formula is C47H52O8Sn2. The van der Waals surface area contributed by atoms with Gasteiger partial charge >= 0.3 is 350 Å². The Morgan fingerprint density at radius 1 is 0.596 bits per heavy atom. The Morgan fingerprint density at radius 3 is 1.25 bits per heavy atom. The maximum atomic E-state index is 13.6. The average molecular weight is 982 g/mol. The van der Waals surface area contributed by atoms with E-state index < -0.39 is 51.2 Å². The molecule has 0 aromatic heterocycles. The molecule has 2 heterocycles. The van der Waals surface area contributed by atoms with Gasteiger partial charge in [0, 0.05) is 0 Å². The van der Waals surface area contributed by atoms with Gasteiger partial charge in [0.2, 0.25) is 0 Å². The van der Waals surface area contributed by atoms with Crippen molar-refractivity contribution in [1.82, 2.24) is 0 Å². The van der Waals surface area contributed by atoms with Gasteiger partial charge in [0.1, 0.15) is 0 Å². The van der Waals surface area contributed by atoms with Gasteiger partial charge in [-0.2, -0.15) is 0 Å². The van der Waals surface area contributed by atoms with Crippen molar-refractivity contribution in [3.8, 4) is 23.0 Å². The molecule has 0 amide bonds. The molecule has 2 aliphatic carbocycles. The summed E-state index contributed by atoms with van der Waals surface area (Å²) >= 11 is -8.92. The summed E-state index contributed by atoms with van der Waals surface area (Å²) in [5.74, 6) is 1.80. The molecule has 8 nitrogen and oxygen atoms in total. The second-order valence-corrected chi connectivity index (χ2v) is 31.5. The van der Waals surface area contributed by atoms with E-state index in [-0.39, 0.29) is 16.2 Å². The molecule has 4 aromatic rings. The van der Waals surface area contributed by atoms with E-state index in [1.165, 1.54) is 22.3 Å². The summed E-state index contributed by atoms with van der Waals surface area (Å²) in [5.41, 5.74) is 6.87. The Balaban J connectivity index is 1.14. The third-order valence-corrected chi connectivity index (χ3v) is 26.5. The minimum absolute atomic E-state index is 0.198. The summed E-state index contributed by atoms with van der Waals surface area (Å²) in [6.07, 6.45) is 8.77. The maximum absolute atomic E-state index is 13.6. The number of carbonyl (C=O) groups is 2. The van der Waals surface area contributed by atoms with E-state index in [1.54, 1.807) is 36.4 Å². The summed E-state index contributed by atoms with van der Waals surface area (Å²) in [5, 5.41) is 0. The molecule has 2 aliphatic heterocycles. The van der Waals surface area contributed by atoms with Crippen molar-refractivity contribution in [2.24, 2.45) is 0 Å². The number of carbonyl (C=O) groups excluding carboxylic acids is 2. The molecular weight excluding hydrogens is 930 g/mol. The number of fused-ring (bicyclic) bond motifs is 6. The van der Waals surface area contributed by atoms with E-state index in [2.05, 4.69) is 79.0 Å². The van der Waals surface area contributed by atoms with Crippen LogP contribution in [0.4, 0.5) is 0 Å². The van der Waals surface area contributed by atoms with Crippen LogP contribution in [-0.4, -0.2) is 51.2 Å². The second-order valence-electron chi connectivity index (χ2n) is 17.3. The van der Waals surface area contributed by atoms with Crippen LogP contribution >= 0.6 is 0 Å². The van der Waals surface area contributed by atoms with Crippen LogP contribution in [0, 0.1) is 0 Å². The molecule has 0 saturated heterocycles. The van der Waals surface area contributed by atoms with Crippen molar-refractivity contribution in [2.75, 3.05) is 0 Å². The summed E-state index contributed by atoms with van der Waals surface area (Å²) in [6, 6.07) is 23.1. The zero-order valence-electron chi connectivity index (χ0n) is 33.9. The van der Waals surface area contributed by atoms with Gasteiger partial charge in [-0.05, 0) is 0 Å². The second kappa shape index (κ2) is 14.7. The Labute approximate surface area is 347 Å². The molecule has 0 N–H and O–H groups in total. The first-order valence-electron chi connectivity index (χ1n) is 20.2. The van der Waals surface area contributed by atoms with Gasteiger partial charge in [0.25, 0.3) is 0 Å². The quantitative estimate of drug-likeness (QED) is 0.130. The zero-order valence-corrected chi connectivity index (χ0v) is 39.6. The topological polar surface area (TPSA) is 89.5 Å². The molecule has 10 heteroatoms. The van der Waals surface area contributed by atoms with E-state index in [9.17, 15) is 9.59 Å². The fraction of sp³-hybridized carbons (Fsp3) is 0.362. The minimum atomic E-state index is -4.46. The molecule has 296 valence electrons. The van der Waals surface area contributed by atoms with Crippen molar-refractivity contribution in [3.05, 3.63) is 130 Å². The normalized spacial score (nSPS) is 23.8. The van der Waals surface area contributed by atoms with Crippen molar-refractivity contribution in [2.45, 2.75) is 105 Å². The van der Waals surface area contributed by atoms with E-state index in [0.717, 1.165) is 49.7 Å². The van der Waals surface area contributed by atoms with E-state index in [4.69, 9.17) is 18.4 Å². The van der Waals surface area contributed by atoms with Gasteiger partial charge in [-0.25, -0.2) is 0 Å². The fourth-order valence-electron chi connectivity index (χ4n) is 9.44. The van der Waals surface area contributed by atoms with Crippen LogP contribution < -0.4 is 12.3 Å². The third-order valence-electron chi connectivity index (χ3n) is 12.1. The molecule has 1 spiro atoms. The van der Waals surface area contributed by atoms with E-state index >= 15 is 0 Å². The Hall–Kier alpha value is -3.90. The van der Waals surface area contributed by atoms with Crippen molar-refractivity contribution in [1.29, 1.82) is 0 Å². The Bertz CT molecular complexity index is 2120. The standard InChI is InChI=1S/C21H24O4.2C9H8O2.2C4H9.2Sn/c1-19(2)9-21(13-7-17(24)15(22)5-11(13)19)10-20(3,4)12-6-16(23)18(25)8-14(12)21;2*1-2-7-3-5-8(6-4-7)9(10)11;2*1-3-4-2;;/h5-8,22-25H,9-10H2,1-4H3;2*2-6H,1H2,(H,10,11);2*1,3-4H2,2H3;;/q;;;;;2*+3/p-6. The molecule has 0 bridgehead atoms. The van der Waals surface area contributed by atoms with Gasteiger partial charge in [-0.3, -0.25) is 0 Å². The average Bonchev–Trinajstić information content (AvgIpc) is 3.86. The molecule has 8 rings (SSSR count). The van der Waals surface area contributed by atoms with Gasteiger partial charge in [0.05, 0.1) is 0 Å². The van der Waals surface area contributed by atoms with Crippen molar-refractivity contribution in [3.63, 3.8) is 0 Å². The molecule has 4 aliphatic rings. The fourth-order valence-corrected chi connectivity index (χ4v) is 24.3. The van der Waals surface area contributed by atoms with Crippen LogP contribution in [0.25, 0.3) is 12.2 Å². The van der Waals surface area contributed by atoms with E-state index in [0.29, 0.717) is 43.0 Å². The molecule has 4 aromatic carbocycles. The zero-order chi connectivity index (χ0) is 40.4. The number of unbranched alkanes of at least 4 members (excludes halogenated alkanes) is 2. The first kappa shape index (κ1) is 39.9. The van der Waals surface area contributed by atoms with Gasteiger partial charge in [-0.1, -0.05) is 0 Å². The van der Waals surface area contributed by atoms with Gasteiger partial charge in [-0.15, -0.1) is 0 Å². The Morgan fingerprint density at radius 2 is 0.930 bits per heavy atom. The van der Waals surface area contributed by atoms with Crippen molar-refractivity contribution < 1.29 is 28.0 Å². The van der Waals surface area contributed by atoms with E-state index in [1.807, 2.05) is 24.3 Å². The number of hydrogen-bond donors (Lipinski definition) is 0. The van der Waals surface area contributed by atoms with Crippen LogP contribution in [0.5, 0.6) is 23.0 Å². The van der Waals surface area contributed by atoms with Gasteiger partial charge in [0.15, 0.2) is 0 Å². The molecule has 2 atom stereocenters. The van der Waals surface area contributed by atoms with Crippen LogP contribution in [0.2, 0.25) is 8.87 Å². The summed E-state index contributed by atoms with van der Waals surface area (Å²) in [7, 11) is 0. The van der Waals surface area contributed by atoms with Crippen LogP contribution in [-0.2, 0) is 22.4 Å². The van der Waals surface area contributed by atoms with Crippen LogP contribution in [0.3, 0.4) is 0 Å². The first-order chi connectivity index (χ1) is 27.2. The Kier molecular flexibility index (Phi) is 10.3. The summed E-state index contributed by atoms with van der Waals surface area (Å²) < 4.78 is 41.0. The molecule has 0 saturated carbocycles. The van der Waals surface area contributed by atoms with Gasteiger partial charge < -0.3 is 0 Å².